The zero-order valence-corrected chi connectivity index (χ0v) is 18.6. The summed E-state index contributed by atoms with van der Waals surface area (Å²) < 4.78 is 26.1. The molecule has 5 nitrogen and oxygen atoms in total. The number of aryl methyl sites for hydroxylation is 1. The van der Waals surface area contributed by atoms with Crippen molar-refractivity contribution in [1.29, 1.82) is 0 Å². The summed E-state index contributed by atoms with van der Waals surface area (Å²) >= 11 is 1.54. The number of rotatable bonds is 8. The van der Waals surface area contributed by atoms with Crippen molar-refractivity contribution in [3.05, 3.63) is 71.8 Å². The smallest absolute Gasteiger partial charge is 0.165 e. The van der Waals surface area contributed by atoms with Crippen LogP contribution >= 0.6 is 11.3 Å². The van der Waals surface area contributed by atoms with Gasteiger partial charge < -0.3 is 9.47 Å². The summed E-state index contributed by atoms with van der Waals surface area (Å²) in [5.74, 6) is 0.406. The number of likely N-dealkylation sites (N-methyl/N-ethyl adjacent to an activating group) is 1. The third kappa shape index (κ3) is 5.07. The lowest BCUT2D eigenvalue weighted by atomic mass is 10.2. The number of nitrogens with zero attached hydrogens (tertiary/aromatic N) is 3. The zero-order valence-electron chi connectivity index (χ0n) is 17.8. The third-order valence-electron chi connectivity index (χ3n) is 4.89. The molecule has 0 saturated carbocycles. The van der Waals surface area contributed by atoms with Crippen molar-refractivity contribution in [2.45, 2.75) is 13.5 Å². The highest BCUT2D eigenvalue weighted by Crippen LogP contribution is 2.39. The first-order valence-corrected chi connectivity index (χ1v) is 10.8. The molecule has 0 fully saturated rings. The van der Waals surface area contributed by atoms with Gasteiger partial charge in [0.15, 0.2) is 11.6 Å². The molecule has 0 bridgehead atoms. The molecular formula is C24H24FN3O2S. The maximum absolute atomic E-state index is 14.2. The van der Waals surface area contributed by atoms with Gasteiger partial charge in [0.25, 0.3) is 0 Å². The number of thiophene rings is 1. The molecule has 0 aliphatic carbocycles. The highest BCUT2D eigenvalue weighted by atomic mass is 32.1. The predicted octanol–water partition coefficient (Wildman–Crippen LogP) is 5.68. The van der Waals surface area contributed by atoms with E-state index in [0.717, 1.165) is 45.0 Å². The normalized spacial score (nSPS) is 11.4. The number of hydrogen-bond donors (Lipinski definition) is 0. The van der Waals surface area contributed by atoms with E-state index in [9.17, 15) is 4.39 Å². The van der Waals surface area contributed by atoms with Crippen LogP contribution in [0, 0.1) is 12.7 Å². The number of hydrogen-bond acceptors (Lipinski definition) is 6. The van der Waals surface area contributed by atoms with Gasteiger partial charge >= 0.3 is 0 Å². The van der Waals surface area contributed by atoms with Crippen LogP contribution in [0.25, 0.3) is 20.8 Å². The first kappa shape index (κ1) is 21.4. The first-order chi connectivity index (χ1) is 15.0. The highest BCUT2D eigenvalue weighted by Gasteiger charge is 2.13. The second kappa shape index (κ2) is 9.51. The zero-order chi connectivity index (χ0) is 21.8. The van der Waals surface area contributed by atoms with E-state index in [1.54, 1.807) is 25.4 Å². The Morgan fingerprint density at radius 3 is 2.68 bits per heavy atom. The van der Waals surface area contributed by atoms with Crippen molar-refractivity contribution in [2.75, 3.05) is 27.3 Å². The highest BCUT2D eigenvalue weighted by molar-refractivity contribution is 7.22. The Bertz CT molecular complexity index is 1180. The molecule has 0 spiro atoms. The molecule has 0 aliphatic heterocycles. The van der Waals surface area contributed by atoms with Crippen LogP contribution in [0.1, 0.15) is 11.1 Å². The Labute approximate surface area is 185 Å². The summed E-state index contributed by atoms with van der Waals surface area (Å²) in [7, 11) is 3.76. The number of halogens is 1. The molecule has 0 saturated heterocycles. The van der Waals surface area contributed by atoms with E-state index in [1.807, 2.05) is 31.3 Å². The summed E-state index contributed by atoms with van der Waals surface area (Å²) in [6, 6.07) is 12.8. The minimum absolute atomic E-state index is 0.202. The summed E-state index contributed by atoms with van der Waals surface area (Å²) in [4.78, 5) is 12.3. The molecule has 3 heterocycles. The van der Waals surface area contributed by atoms with Crippen LogP contribution < -0.4 is 4.74 Å². The van der Waals surface area contributed by atoms with Crippen LogP contribution in [0.2, 0.25) is 0 Å². The molecular weight excluding hydrogens is 413 g/mol. The molecule has 160 valence electrons. The molecule has 0 radical (unpaired) electrons. The monoisotopic (exact) mass is 437 g/mol. The summed E-state index contributed by atoms with van der Waals surface area (Å²) in [5, 5.41) is 0. The maximum Gasteiger partial charge on any atom is 0.165 e. The van der Waals surface area contributed by atoms with E-state index < -0.39 is 0 Å². The average molecular weight is 438 g/mol. The average Bonchev–Trinajstić information content (AvgIpc) is 3.20. The minimum Gasteiger partial charge on any atom is -0.453 e. The summed E-state index contributed by atoms with van der Waals surface area (Å²) in [5.41, 5.74) is 3.66. The molecule has 0 aliphatic rings. The second-order valence-electron chi connectivity index (χ2n) is 7.45. The Balaban J connectivity index is 1.56. The van der Waals surface area contributed by atoms with Gasteiger partial charge in [-0.2, -0.15) is 0 Å². The lowest BCUT2D eigenvalue weighted by molar-refractivity contribution is 0.158. The fraction of sp³-hybridized carbons (Fsp3) is 0.250. The quantitative estimate of drug-likeness (QED) is 0.355. The number of aromatic nitrogens is 2. The largest absolute Gasteiger partial charge is 0.453 e. The van der Waals surface area contributed by atoms with Gasteiger partial charge in [-0.1, -0.05) is 12.1 Å². The molecule has 4 rings (SSSR count). The Kier molecular flexibility index (Phi) is 6.56. The molecule has 0 N–H and O–H groups in total. The lowest BCUT2D eigenvalue weighted by Crippen LogP contribution is -2.22. The van der Waals surface area contributed by atoms with E-state index >= 15 is 0 Å². The van der Waals surface area contributed by atoms with Crippen molar-refractivity contribution in [1.82, 2.24) is 14.9 Å². The van der Waals surface area contributed by atoms with Crippen LogP contribution in [-0.4, -0.2) is 42.2 Å². The van der Waals surface area contributed by atoms with Gasteiger partial charge in [-0.05, 0) is 49.4 Å². The number of fused-ring (bicyclic) bond motifs is 1. The van der Waals surface area contributed by atoms with Crippen molar-refractivity contribution in [3.8, 4) is 22.1 Å². The van der Waals surface area contributed by atoms with Crippen molar-refractivity contribution in [3.63, 3.8) is 0 Å². The van der Waals surface area contributed by atoms with Gasteiger partial charge in [0.1, 0.15) is 5.75 Å². The van der Waals surface area contributed by atoms with Crippen molar-refractivity contribution >= 4 is 21.6 Å². The predicted molar refractivity (Wildman–Crippen MR) is 122 cm³/mol. The fourth-order valence-corrected chi connectivity index (χ4v) is 4.27. The number of pyridine rings is 2. The van der Waals surface area contributed by atoms with Gasteiger partial charge in [-0.25, -0.2) is 4.39 Å². The van der Waals surface area contributed by atoms with Gasteiger partial charge in [0.05, 0.1) is 27.4 Å². The molecule has 4 aromatic rings. The standard InChI is InChI=1S/C24H24FN3O2S/c1-16-4-7-21(18(25)12-16)30-22-8-9-26-20-13-23(31-24(20)22)19-6-5-17(14-27-19)15-28(2)10-11-29-3/h4-9,12-14H,10-11,15H2,1-3H3. The van der Waals surface area contributed by atoms with E-state index in [2.05, 4.69) is 28.0 Å². The van der Waals surface area contributed by atoms with Gasteiger partial charge in [0, 0.05) is 38.7 Å². The topological polar surface area (TPSA) is 47.5 Å². The molecule has 31 heavy (non-hydrogen) atoms. The van der Waals surface area contributed by atoms with Gasteiger partial charge in [-0.15, -0.1) is 11.3 Å². The number of methoxy groups -OCH3 is 1. The Hall–Kier alpha value is -2.87. The summed E-state index contributed by atoms with van der Waals surface area (Å²) in [6.45, 7) is 4.22. The van der Waals surface area contributed by atoms with Gasteiger partial charge in [0.2, 0.25) is 0 Å². The third-order valence-corrected chi connectivity index (χ3v) is 6.05. The molecule has 0 amide bonds. The molecule has 7 heteroatoms. The van der Waals surface area contributed by atoms with Crippen LogP contribution in [0.15, 0.2) is 54.9 Å². The fourth-order valence-electron chi connectivity index (χ4n) is 3.23. The minimum atomic E-state index is -0.380. The molecule has 3 aromatic heterocycles. The second-order valence-corrected chi connectivity index (χ2v) is 8.50. The first-order valence-electron chi connectivity index (χ1n) is 9.99. The molecule has 0 unspecified atom stereocenters. The SMILES string of the molecule is COCCN(C)Cc1ccc(-c2cc3nccc(Oc4ccc(C)cc4F)c3s2)nc1. The molecule has 0 atom stereocenters. The van der Waals surface area contributed by atoms with E-state index in [1.165, 1.54) is 17.4 Å². The van der Waals surface area contributed by atoms with Gasteiger partial charge in [-0.3, -0.25) is 14.9 Å². The summed E-state index contributed by atoms with van der Waals surface area (Å²) in [6.07, 6.45) is 3.57. The van der Waals surface area contributed by atoms with Crippen LogP contribution in [-0.2, 0) is 11.3 Å². The Morgan fingerprint density at radius 2 is 1.94 bits per heavy atom. The number of benzene rings is 1. The van der Waals surface area contributed by atoms with E-state index in [0.29, 0.717) is 12.4 Å². The van der Waals surface area contributed by atoms with Crippen LogP contribution in [0.5, 0.6) is 11.5 Å². The van der Waals surface area contributed by atoms with Crippen molar-refractivity contribution < 1.29 is 13.9 Å². The van der Waals surface area contributed by atoms with Crippen LogP contribution in [0.4, 0.5) is 4.39 Å². The van der Waals surface area contributed by atoms with Crippen LogP contribution in [0.3, 0.4) is 0 Å². The lowest BCUT2D eigenvalue weighted by Gasteiger charge is -2.15. The van der Waals surface area contributed by atoms with E-state index in [-0.39, 0.29) is 11.6 Å². The van der Waals surface area contributed by atoms with Crippen molar-refractivity contribution in [2.24, 2.45) is 0 Å². The molecule has 1 aromatic carbocycles. The number of ether oxygens (including phenoxy) is 2. The van der Waals surface area contributed by atoms with E-state index in [4.69, 9.17) is 9.47 Å². The maximum atomic E-state index is 14.2. The Morgan fingerprint density at radius 1 is 1.06 bits per heavy atom.